The molecule has 0 unspecified atom stereocenters. The van der Waals surface area contributed by atoms with Gasteiger partial charge >= 0.3 is 5.69 Å². The van der Waals surface area contributed by atoms with Gasteiger partial charge < -0.3 is 10.1 Å². The predicted octanol–water partition coefficient (Wildman–Crippen LogP) is 1.97. The van der Waals surface area contributed by atoms with E-state index in [1.807, 2.05) is 0 Å². The Kier molecular flexibility index (Phi) is 2.47. The van der Waals surface area contributed by atoms with Gasteiger partial charge in [-0.1, -0.05) is 11.6 Å². The molecule has 1 aromatic carbocycles. The quantitative estimate of drug-likeness (QED) is 0.803. The number of aromatic nitrogens is 2. The fourth-order valence-corrected chi connectivity index (χ4v) is 1.57. The number of hydrogen-bond donors (Lipinski definition) is 2. The first-order valence-electron chi connectivity index (χ1n) is 4.46. The minimum absolute atomic E-state index is 0.109. The minimum Gasteiger partial charge on any atom is -0.493 e. The standard InChI is InChI=1S/C10H8ClFN2O2/c1-5-9(15)14(10(16)13-5)6-2-3-8(12)7(11)4-6/h2-4,15H,1H3,(H,13,16). The van der Waals surface area contributed by atoms with E-state index in [9.17, 15) is 14.3 Å². The summed E-state index contributed by atoms with van der Waals surface area (Å²) in [7, 11) is 0. The number of H-pyrrole nitrogens is 1. The summed E-state index contributed by atoms with van der Waals surface area (Å²) in [6, 6.07) is 3.76. The number of nitrogens with zero attached hydrogens (tertiary/aromatic N) is 1. The van der Waals surface area contributed by atoms with Gasteiger partial charge in [0.1, 0.15) is 5.82 Å². The summed E-state index contributed by atoms with van der Waals surface area (Å²) in [6.45, 7) is 1.55. The van der Waals surface area contributed by atoms with E-state index in [1.54, 1.807) is 6.92 Å². The van der Waals surface area contributed by atoms with Crippen LogP contribution in [0.5, 0.6) is 5.88 Å². The van der Waals surface area contributed by atoms with E-state index in [2.05, 4.69) is 4.98 Å². The van der Waals surface area contributed by atoms with Gasteiger partial charge in [0.15, 0.2) is 0 Å². The van der Waals surface area contributed by atoms with Crippen LogP contribution in [0.3, 0.4) is 0 Å². The van der Waals surface area contributed by atoms with Crippen molar-refractivity contribution in [2.24, 2.45) is 0 Å². The van der Waals surface area contributed by atoms with Crippen LogP contribution in [-0.4, -0.2) is 14.7 Å². The molecule has 0 bridgehead atoms. The monoisotopic (exact) mass is 242 g/mol. The van der Waals surface area contributed by atoms with Crippen LogP contribution in [0.1, 0.15) is 5.69 Å². The topological polar surface area (TPSA) is 58.0 Å². The van der Waals surface area contributed by atoms with Crippen LogP contribution in [0.4, 0.5) is 4.39 Å². The Balaban J connectivity index is 2.68. The van der Waals surface area contributed by atoms with Crippen molar-refractivity contribution in [3.05, 3.63) is 45.2 Å². The summed E-state index contributed by atoms with van der Waals surface area (Å²) in [4.78, 5) is 13.9. The van der Waals surface area contributed by atoms with Crippen molar-refractivity contribution in [2.75, 3.05) is 0 Å². The molecular weight excluding hydrogens is 235 g/mol. The smallest absolute Gasteiger partial charge is 0.333 e. The normalized spacial score (nSPS) is 10.7. The molecule has 6 heteroatoms. The lowest BCUT2D eigenvalue weighted by atomic mass is 10.3. The van der Waals surface area contributed by atoms with Gasteiger partial charge in [-0.15, -0.1) is 0 Å². The van der Waals surface area contributed by atoms with E-state index in [0.29, 0.717) is 11.4 Å². The van der Waals surface area contributed by atoms with Crippen LogP contribution in [0.15, 0.2) is 23.0 Å². The molecule has 0 saturated carbocycles. The third kappa shape index (κ3) is 1.59. The van der Waals surface area contributed by atoms with E-state index in [-0.39, 0.29) is 10.9 Å². The zero-order valence-electron chi connectivity index (χ0n) is 8.29. The van der Waals surface area contributed by atoms with Crippen molar-refractivity contribution in [1.82, 2.24) is 9.55 Å². The summed E-state index contributed by atoms with van der Waals surface area (Å²) in [5, 5.41) is 9.52. The maximum Gasteiger partial charge on any atom is 0.333 e. The molecule has 84 valence electrons. The van der Waals surface area contributed by atoms with Gasteiger partial charge in [-0.25, -0.2) is 13.8 Å². The highest BCUT2D eigenvalue weighted by Gasteiger charge is 2.12. The fourth-order valence-electron chi connectivity index (χ4n) is 1.40. The van der Waals surface area contributed by atoms with E-state index < -0.39 is 11.5 Å². The van der Waals surface area contributed by atoms with Gasteiger partial charge in [-0.05, 0) is 25.1 Å². The second-order valence-electron chi connectivity index (χ2n) is 3.31. The van der Waals surface area contributed by atoms with E-state index in [1.165, 1.54) is 12.1 Å². The number of rotatable bonds is 1. The molecule has 16 heavy (non-hydrogen) atoms. The summed E-state index contributed by atoms with van der Waals surface area (Å²) in [6.07, 6.45) is 0. The maximum atomic E-state index is 12.9. The van der Waals surface area contributed by atoms with Crippen LogP contribution < -0.4 is 5.69 Å². The van der Waals surface area contributed by atoms with Crippen molar-refractivity contribution >= 4 is 11.6 Å². The van der Waals surface area contributed by atoms with Gasteiger partial charge in [-0.3, -0.25) is 0 Å². The molecule has 4 nitrogen and oxygen atoms in total. The van der Waals surface area contributed by atoms with Crippen LogP contribution in [0.2, 0.25) is 5.02 Å². The highest BCUT2D eigenvalue weighted by molar-refractivity contribution is 6.30. The van der Waals surface area contributed by atoms with Crippen molar-refractivity contribution in [2.45, 2.75) is 6.92 Å². The lowest BCUT2D eigenvalue weighted by Gasteiger charge is -2.03. The maximum absolute atomic E-state index is 12.9. The first kappa shape index (κ1) is 10.8. The molecule has 2 N–H and O–H groups in total. The molecule has 1 aromatic heterocycles. The van der Waals surface area contributed by atoms with Crippen LogP contribution >= 0.6 is 11.6 Å². The number of imidazole rings is 1. The zero-order valence-corrected chi connectivity index (χ0v) is 9.05. The Bertz CT molecular complexity index is 603. The Morgan fingerprint density at radius 1 is 1.50 bits per heavy atom. The third-order valence-electron chi connectivity index (χ3n) is 2.21. The number of aromatic hydroxyl groups is 1. The lowest BCUT2D eigenvalue weighted by molar-refractivity contribution is 0.437. The molecule has 0 radical (unpaired) electrons. The van der Waals surface area contributed by atoms with Crippen molar-refractivity contribution in [1.29, 1.82) is 0 Å². The number of hydrogen-bond acceptors (Lipinski definition) is 2. The second kappa shape index (κ2) is 3.68. The number of nitrogens with one attached hydrogen (secondary N) is 1. The molecule has 0 aliphatic rings. The summed E-state index contributed by atoms with van der Waals surface area (Å²) >= 11 is 5.59. The van der Waals surface area contributed by atoms with E-state index >= 15 is 0 Å². The lowest BCUT2D eigenvalue weighted by Crippen LogP contribution is -2.14. The second-order valence-corrected chi connectivity index (χ2v) is 3.72. The third-order valence-corrected chi connectivity index (χ3v) is 2.50. The summed E-state index contributed by atoms with van der Waals surface area (Å²) in [5.41, 5.74) is 0.140. The Labute approximate surface area is 94.9 Å². The summed E-state index contributed by atoms with van der Waals surface area (Å²) in [5.74, 6) is -0.794. The van der Waals surface area contributed by atoms with Gasteiger partial charge in [0, 0.05) is 0 Å². The summed E-state index contributed by atoms with van der Waals surface area (Å²) < 4.78 is 13.9. The van der Waals surface area contributed by atoms with Crippen LogP contribution in [-0.2, 0) is 0 Å². The molecule has 0 spiro atoms. The molecule has 2 aromatic rings. The first-order chi connectivity index (χ1) is 7.50. The first-order valence-corrected chi connectivity index (χ1v) is 4.84. The molecule has 0 amide bonds. The highest BCUT2D eigenvalue weighted by atomic mass is 35.5. The predicted molar refractivity (Wildman–Crippen MR) is 57.8 cm³/mol. The largest absolute Gasteiger partial charge is 0.493 e. The molecule has 0 aliphatic carbocycles. The molecule has 0 atom stereocenters. The molecular formula is C10H8ClFN2O2. The van der Waals surface area contributed by atoms with Crippen molar-refractivity contribution < 1.29 is 9.50 Å². The molecule has 0 fully saturated rings. The van der Waals surface area contributed by atoms with Gasteiger partial charge in [0.25, 0.3) is 0 Å². The van der Waals surface area contributed by atoms with E-state index in [0.717, 1.165) is 10.6 Å². The Morgan fingerprint density at radius 2 is 2.19 bits per heavy atom. The molecule has 2 rings (SSSR count). The number of aryl methyl sites for hydroxylation is 1. The van der Waals surface area contributed by atoms with Crippen LogP contribution in [0.25, 0.3) is 5.69 Å². The SMILES string of the molecule is Cc1[nH]c(=O)n(-c2ccc(F)c(Cl)c2)c1O. The molecule has 1 heterocycles. The van der Waals surface area contributed by atoms with E-state index in [4.69, 9.17) is 11.6 Å². The average molecular weight is 243 g/mol. The fraction of sp³-hybridized carbons (Fsp3) is 0.100. The van der Waals surface area contributed by atoms with Gasteiger partial charge in [0.05, 0.1) is 16.4 Å². The Hall–Kier alpha value is -1.75. The van der Waals surface area contributed by atoms with Crippen molar-refractivity contribution in [3.63, 3.8) is 0 Å². The van der Waals surface area contributed by atoms with Crippen molar-refractivity contribution in [3.8, 4) is 11.6 Å². The van der Waals surface area contributed by atoms with Gasteiger partial charge in [-0.2, -0.15) is 0 Å². The molecule has 0 aliphatic heterocycles. The minimum atomic E-state index is -0.579. The number of aromatic amines is 1. The number of halogens is 2. The van der Waals surface area contributed by atoms with Crippen LogP contribution in [0, 0.1) is 12.7 Å². The Morgan fingerprint density at radius 3 is 2.69 bits per heavy atom. The number of benzene rings is 1. The molecule has 0 saturated heterocycles. The average Bonchev–Trinajstić information content (AvgIpc) is 2.47. The van der Waals surface area contributed by atoms with Gasteiger partial charge in [0.2, 0.25) is 5.88 Å². The zero-order chi connectivity index (χ0) is 11.9. The highest BCUT2D eigenvalue weighted by Crippen LogP contribution is 2.22.